The van der Waals surface area contributed by atoms with Crippen molar-refractivity contribution in [3.63, 3.8) is 0 Å². The molecule has 0 aromatic carbocycles. The summed E-state index contributed by atoms with van der Waals surface area (Å²) < 4.78 is 0. The molecular formula is C9H15NO. The van der Waals surface area contributed by atoms with E-state index in [0.29, 0.717) is 12.3 Å². The van der Waals surface area contributed by atoms with Gasteiger partial charge in [-0.3, -0.25) is 4.79 Å². The number of hydrogen-bond acceptors (Lipinski definition) is 1. The minimum absolute atomic E-state index is 0.271. The Labute approximate surface area is 67.9 Å². The van der Waals surface area contributed by atoms with Gasteiger partial charge in [0, 0.05) is 24.6 Å². The van der Waals surface area contributed by atoms with E-state index < -0.39 is 0 Å². The minimum atomic E-state index is 0.271. The van der Waals surface area contributed by atoms with E-state index in [0.717, 1.165) is 6.54 Å². The Hall–Kier alpha value is -0.790. The number of allylic oxidation sites excluding steroid dienone is 2. The van der Waals surface area contributed by atoms with Crippen molar-refractivity contribution in [3.8, 4) is 0 Å². The van der Waals surface area contributed by atoms with Gasteiger partial charge in [-0.05, 0) is 13.8 Å². The predicted octanol–water partition coefficient (Wildman–Crippen LogP) is 1.78. The zero-order valence-corrected chi connectivity index (χ0v) is 7.42. The molecule has 0 radical (unpaired) electrons. The van der Waals surface area contributed by atoms with E-state index in [4.69, 9.17) is 0 Å². The molecule has 0 N–H and O–H groups in total. The average Bonchev–Trinajstić information content (AvgIpc) is 2.24. The molecule has 1 atom stereocenters. The lowest BCUT2D eigenvalue weighted by Gasteiger charge is -2.16. The molecule has 1 amide bonds. The van der Waals surface area contributed by atoms with Gasteiger partial charge in [0.2, 0.25) is 5.91 Å². The van der Waals surface area contributed by atoms with Crippen molar-refractivity contribution in [2.75, 3.05) is 6.54 Å². The highest BCUT2D eigenvalue weighted by Gasteiger charge is 2.29. The normalized spacial score (nSPS) is 28.6. The third kappa shape index (κ3) is 1.30. The lowest BCUT2D eigenvalue weighted by Crippen LogP contribution is -2.22. The molecule has 0 aromatic heterocycles. The third-order valence-electron chi connectivity index (χ3n) is 2.21. The van der Waals surface area contributed by atoms with Gasteiger partial charge in [-0.1, -0.05) is 13.0 Å². The number of rotatable bonds is 1. The number of carbonyl (C=O) groups is 1. The molecule has 0 spiro atoms. The summed E-state index contributed by atoms with van der Waals surface area (Å²) in [5.74, 6) is 0.695. The van der Waals surface area contributed by atoms with Crippen molar-refractivity contribution in [3.05, 3.63) is 11.8 Å². The monoisotopic (exact) mass is 153 g/mol. The van der Waals surface area contributed by atoms with Crippen molar-refractivity contribution >= 4 is 5.91 Å². The van der Waals surface area contributed by atoms with E-state index in [-0.39, 0.29) is 5.91 Å². The SMILES string of the molecule is CC=C1C(C)CC(=O)N1CC. The lowest BCUT2D eigenvalue weighted by molar-refractivity contribution is -0.126. The fraction of sp³-hybridized carbons (Fsp3) is 0.667. The van der Waals surface area contributed by atoms with Crippen molar-refractivity contribution in [2.45, 2.75) is 27.2 Å². The zero-order chi connectivity index (χ0) is 8.43. The first-order valence-electron chi connectivity index (χ1n) is 4.17. The van der Waals surface area contributed by atoms with E-state index >= 15 is 0 Å². The van der Waals surface area contributed by atoms with Crippen LogP contribution < -0.4 is 0 Å². The Balaban J connectivity index is 2.84. The highest BCUT2D eigenvalue weighted by molar-refractivity contribution is 5.81. The molecule has 1 unspecified atom stereocenters. The first kappa shape index (κ1) is 8.31. The van der Waals surface area contributed by atoms with E-state index in [1.165, 1.54) is 5.70 Å². The summed E-state index contributed by atoms with van der Waals surface area (Å²) in [7, 11) is 0. The zero-order valence-electron chi connectivity index (χ0n) is 7.42. The summed E-state index contributed by atoms with van der Waals surface area (Å²) in [6.07, 6.45) is 2.73. The van der Waals surface area contributed by atoms with Crippen LogP contribution in [-0.4, -0.2) is 17.4 Å². The van der Waals surface area contributed by atoms with Crippen molar-refractivity contribution < 1.29 is 4.79 Å². The fourth-order valence-corrected chi connectivity index (χ4v) is 1.69. The first-order chi connectivity index (χ1) is 5.20. The Morgan fingerprint density at radius 3 is 2.73 bits per heavy atom. The maximum atomic E-state index is 11.3. The number of amides is 1. The lowest BCUT2D eigenvalue weighted by atomic mass is 10.1. The molecule has 1 saturated heterocycles. The quantitative estimate of drug-likeness (QED) is 0.562. The summed E-state index contributed by atoms with van der Waals surface area (Å²) in [6.45, 7) is 6.91. The van der Waals surface area contributed by atoms with E-state index in [2.05, 4.69) is 6.92 Å². The average molecular weight is 153 g/mol. The van der Waals surface area contributed by atoms with Crippen LogP contribution in [0.2, 0.25) is 0 Å². The van der Waals surface area contributed by atoms with Gasteiger partial charge in [0.1, 0.15) is 0 Å². The van der Waals surface area contributed by atoms with Gasteiger partial charge in [-0.25, -0.2) is 0 Å². The summed E-state index contributed by atoms with van der Waals surface area (Å²) in [4.78, 5) is 13.1. The number of likely N-dealkylation sites (tertiary alicyclic amines) is 1. The van der Waals surface area contributed by atoms with Crippen LogP contribution >= 0.6 is 0 Å². The Kier molecular flexibility index (Phi) is 2.32. The molecule has 11 heavy (non-hydrogen) atoms. The van der Waals surface area contributed by atoms with Crippen molar-refractivity contribution in [1.29, 1.82) is 0 Å². The van der Waals surface area contributed by atoms with Crippen LogP contribution in [-0.2, 0) is 4.79 Å². The maximum absolute atomic E-state index is 11.3. The standard InChI is InChI=1S/C9H15NO/c1-4-8-7(3)6-9(11)10(8)5-2/h4,7H,5-6H2,1-3H3. The predicted molar refractivity (Wildman–Crippen MR) is 44.9 cm³/mol. The van der Waals surface area contributed by atoms with E-state index in [1.807, 2.05) is 24.8 Å². The second-order valence-corrected chi connectivity index (χ2v) is 2.96. The fourth-order valence-electron chi connectivity index (χ4n) is 1.69. The summed E-state index contributed by atoms with van der Waals surface area (Å²) in [5, 5.41) is 0. The highest BCUT2D eigenvalue weighted by Crippen LogP contribution is 2.27. The maximum Gasteiger partial charge on any atom is 0.227 e. The number of nitrogens with zero attached hydrogens (tertiary/aromatic N) is 1. The second kappa shape index (κ2) is 3.07. The van der Waals surface area contributed by atoms with Crippen LogP contribution in [0.5, 0.6) is 0 Å². The first-order valence-corrected chi connectivity index (χ1v) is 4.17. The van der Waals surface area contributed by atoms with Crippen LogP contribution in [0.4, 0.5) is 0 Å². The van der Waals surface area contributed by atoms with Gasteiger partial charge in [0.25, 0.3) is 0 Å². The molecule has 0 saturated carbocycles. The molecular weight excluding hydrogens is 138 g/mol. The summed E-state index contributed by atoms with van der Waals surface area (Å²) in [6, 6.07) is 0. The topological polar surface area (TPSA) is 20.3 Å². The third-order valence-corrected chi connectivity index (χ3v) is 2.21. The Morgan fingerprint density at radius 1 is 1.73 bits per heavy atom. The van der Waals surface area contributed by atoms with Crippen LogP contribution in [0.15, 0.2) is 11.8 Å². The molecule has 0 aliphatic carbocycles. The largest absolute Gasteiger partial charge is 0.317 e. The smallest absolute Gasteiger partial charge is 0.227 e. The second-order valence-electron chi connectivity index (χ2n) is 2.96. The van der Waals surface area contributed by atoms with Crippen LogP contribution in [0, 0.1) is 5.92 Å². The molecule has 2 nitrogen and oxygen atoms in total. The number of hydrogen-bond donors (Lipinski definition) is 0. The number of carbonyl (C=O) groups excluding carboxylic acids is 1. The summed E-state index contributed by atoms with van der Waals surface area (Å²) >= 11 is 0. The van der Waals surface area contributed by atoms with Crippen LogP contribution in [0.3, 0.4) is 0 Å². The molecule has 1 aliphatic heterocycles. The molecule has 1 aliphatic rings. The molecule has 0 bridgehead atoms. The minimum Gasteiger partial charge on any atom is -0.317 e. The molecule has 2 heteroatoms. The van der Waals surface area contributed by atoms with Crippen molar-refractivity contribution in [2.24, 2.45) is 5.92 Å². The summed E-state index contributed by atoms with van der Waals surface area (Å²) in [5.41, 5.74) is 1.19. The molecule has 1 rings (SSSR count). The van der Waals surface area contributed by atoms with Gasteiger partial charge < -0.3 is 4.90 Å². The molecule has 62 valence electrons. The van der Waals surface area contributed by atoms with E-state index in [9.17, 15) is 4.79 Å². The molecule has 1 heterocycles. The van der Waals surface area contributed by atoms with Gasteiger partial charge in [-0.15, -0.1) is 0 Å². The Morgan fingerprint density at radius 2 is 2.36 bits per heavy atom. The van der Waals surface area contributed by atoms with Crippen LogP contribution in [0.1, 0.15) is 27.2 Å². The van der Waals surface area contributed by atoms with Gasteiger partial charge >= 0.3 is 0 Å². The van der Waals surface area contributed by atoms with Gasteiger partial charge in [-0.2, -0.15) is 0 Å². The van der Waals surface area contributed by atoms with Crippen LogP contribution in [0.25, 0.3) is 0 Å². The molecule has 1 fully saturated rings. The van der Waals surface area contributed by atoms with Crippen molar-refractivity contribution in [1.82, 2.24) is 4.90 Å². The van der Waals surface area contributed by atoms with Gasteiger partial charge in [0.05, 0.1) is 0 Å². The highest BCUT2D eigenvalue weighted by atomic mass is 16.2. The molecule has 0 aromatic rings. The van der Waals surface area contributed by atoms with E-state index in [1.54, 1.807) is 0 Å². The Bertz CT molecular complexity index is 196. The van der Waals surface area contributed by atoms with Gasteiger partial charge in [0.15, 0.2) is 0 Å².